The summed E-state index contributed by atoms with van der Waals surface area (Å²) in [6.45, 7) is 4.92. The Labute approximate surface area is 124 Å². The normalized spacial score (nSPS) is 12.4. The van der Waals surface area contributed by atoms with Crippen LogP contribution in [0.15, 0.2) is 23.1 Å². The molecule has 0 unspecified atom stereocenters. The van der Waals surface area contributed by atoms with Crippen molar-refractivity contribution in [3.63, 3.8) is 0 Å². The Morgan fingerprint density at radius 3 is 2.55 bits per heavy atom. The molecule has 0 spiro atoms. The molecule has 5 nitrogen and oxygen atoms in total. The Morgan fingerprint density at radius 1 is 1.40 bits per heavy atom. The molecule has 0 fully saturated rings. The summed E-state index contributed by atoms with van der Waals surface area (Å²) in [4.78, 5) is 10.7. The lowest BCUT2D eigenvalue weighted by Crippen LogP contribution is -2.43. The van der Waals surface area contributed by atoms with Gasteiger partial charge in [0, 0.05) is 17.0 Å². The summed E-state index contributed by atoms with van der Waals surface area (Å²) in [7, 11) is -3.75. The molecule has 1 rings (SSSR count). The zero-order valence-electron chi connectivity index (χ0n) is 11.6. The lowest BCUT2D eigenvalue weighted by Gasteiger charge is -2.25. The number of nitrogens with one attached hydrogen (secondary N) is 1. The van der Waals surface area contributed by atoms with Gasteiger partial charge in [0.25, 0.3) is 0 Å². The highest BCUT2D eigenvalue weighted by Gasteiger charge is 2.28. The van der Waals surface area contributed by atoms with Gasteiger partial charge in [0.05, 0.1) is 4.90 Å². The standard InChI is InChI=1S/C13H18ClNO4S/c1-9-10(14)5-4-6-11(9)20(18,19)15-13(2,3)8-7-12(16)17/h4-6,15H,7-8H2,1-3H3,(H,16,17). The van der Waals surface area contributed by atoms with Crippen molar-refractivity contribution in [2.75, 3.05) is 0 Å². The maximum absolute atomic E-state index is 12.3. The number of rotatable bonds is 6. The van der Waals surface area contributed by atoms with E-state index >= 15 is 0 Å². The van der Waals surface area contributed by atoms with E-state index < -0.39 is 21.5 Å². The van der Waals surface area contributed by atoms with E-state index in [-0.39, 0.29) is 17.7 Å². The first-order valence-corrected chi connectivity index (χ1v) is 7.92. The average Bonchev–Trinajstić information content (AvgIpc) is 2.29. The molecule has 0 bridgehead atoms. The number of sulfonamides is 1. The smallest absolute Gasteiger partial charge is 0.303 e. The van der Waals surface area contributed by atoms with E-state index in [9.17, 15) is 13.2 Å². The molecule has 0 aliphatic carbocycles. The summed E-state index contributed by atoms with van der Waals surface area (Å²) in [6.07, 6.45) is 0.0885. The van der Waals surface area contributed by atoms with Gasteiger partial charge in [0.2, 0.25) is 10.0 Å². The summed E-state index contributed by atoms with van der Waals surface area (Å²) >= 11 is 5.92. The van der Waals surface area contributed by atoms with Crippen LogP contribution in [0.3, 0.4) is 0 Å². The van der Waals surface area contributed by atoms with Crippen LogP contribution in [0.25, 0.3) is 0 Å². The lowest BCUT2D eigenvalue weighted by molar-refractivity contribution is -0.137. The van der Waals surface area contributed by atoms with E-state index in [1.54, 1.807) is 32.9 Å². The number of hydrogen-bond acceptors (Lipinski definition) is 3. The number of benzene rings is 1. The van der Waals surface area contributed by atoms with Gasteiger partial charge in [0.15, 0.2) is 0 Å². The van der Waals surface area contributed by atoms with Crippen LogP contribution < -0.4 is 4.72 Å². The predicted molar refractivity (Wildman–Crippen MR) is 77.5 cm³/mol. The first kappa shape index (κ1) is 16.9. The van der Waals surface area contributed by atoms with Crippen LogP contribution in [-0.2, 0) is 14.8 Å². The van der Waals surface area contributed by atoms with Crippen molar-refractivity contribution in [3.8, 4) is 0 Å². The van der Waals surface area contributed by atoms with Crippen LogP contribution in [0.5, 0.6) is 0 Å². The van der Waals surface area contributed by atoms with E-state index in [1.807, 2.05) is 0 Å². The monoisotopic (exact) mass is 319 g/mol. The van der Waals surface area contributed by atoms with Crippen molar-refractivity contribution < 1.29 is 18.3 Å². The second kappa shape index (κ2) is 6.11. The third-order valence-corrected chi connectivity index (χ3v) is 5.13. The summed E-state index contributed by atoms with van der Waals surface area (Å²) in [6, 6.07) is 4.65. The van der Waals surface area contributed by atoms with Crippen molar-refractivity contribution in [1.82, 2.24) is 4.72 Å². The van der Waals surface area contributed by atoms with E-state index in [4.69, 9.17) is 16.7 Å². The molecule has 0 heterocycles. The molecule has 0 aromatic heterocycles. The maximum atomic E-state index is 12.3. The molecule has 0 radical (unpaired) electrons. The van der Waals surface area contributed by atoms with Gasteiger partial charge in [0.1, 0.15) is 0 Å². The first-order valence-electron chi connectivity index (χ1n) is 6.06. The molecule has 112 valence electrons. The molecule has 7 heteroatoms. The minimum absolute atomic E-state index is 0.105. The maximum Gasteiger partial charge on any atom is 0.303 e. The lowest BCUT2D eigenvalue weighted by atomic mass is 10.0. The van der Waals surface area contributed by atoms with Gasteiger partial charge in [-0.2, -0.15) is 0 Å². The molecular formula is C13H18ClNO4S. The minimum Gasteiger partial charge on any atom is -0.481 e. The van der Waals surface area contributed by atoms with Crippen LogP contribution >= 0.6 is 11.6 Å². The number of carboxylic acids is 1. The third kappa shape index (κ3) is 4.47. The fraction of sp³-hybridized carbons (Fsp3) is 0.462. The molecule has 1 aromatic carbocycles. The van der Waals surface area contributed by atoms with E-state index in [1.165, 1.54) is 6.07 Å². The van der Waals surface area contributed by atoms with Gasteiger partial charge < -0.3 is 5.11 Å². The SMILES string of the molecule is Cc1c(Cl)cccc1S(=O)(=O)NC(C)(C)CCC(=O)O. The topological polar surface area (TPSA) is 83.5 Å². The Kier molecular flexibility index (Phi) is 5.18. The zero-order chi connectivity index (χ0) is 15.6. The van der Waals surface area contributed by atoms with Crippen LogP contribution in [0.1, 0.15) is 32.3 Å². The average molecular weight is 320 g/mol. The Hall–Kier alpha value is -1.11. The Morgan fingerprint density at radius 2 is 2.00 bits per heavy atom. The largest absolute Gasteiger partial charge is 0.481 e. The van der Waals surface area contributed by atoms with Crippen molar-refractivity contribution in [2.24, 2.45) is 0 Å². The molecule has 0 saturated heterocycles. The fourth-order valence-corrected chi connectivity index (χ4v) is 3.71. The highest BCUT2D eigenvalue weighted by Crippen LogP contribution is 2.24. The van der Waals surface area contributed by atoms with Crippen molar-refractivity contribution >= 4 is 27.6 Å². The molecule has 2 N–H and O–H groups in total. The molecule has 0 atom stereocenters. The second-order valence-electron chi connectivity index (χ2n) is 5.25. The molecule has 0 aliphatic heterocycles. The van der Waals surface area contributed by atoms with Crippen LogP contribution in [-0.4, -0.2) is 25.0 Å². The van der Waals surface area contributed by atoms with Gasteiger partial charge in [-0.1, -0.05) is 17.7 Å². The highest BCUT2D eigenvalue weighted by atomic mass is 35.5. The molecular weight excluding hydrogens is 302 g/mol. The molecule has 0 aliphatic rings. The van der Waals surface area contributed by atoms with Crippen molar-refractivity contribution in [3.05, 3.63) is 28.8 Å². The Bertz CT molecular complexity index is 611. The molecule has 1 aromatic rings. The summed E-state index contributed by atoms with van der Waals surface area (Å²) in [5.41, 5.74) is -0.387. The third-order valence-electron chi connectivity index (χ3n) is 2.88. The van der Waals surface area contributed by atoms with E-state index in [0.717, 1.165) is 0 Å². The number of hydrogen-bond donors (Lipinski definition) is 2. The summed E-state index contributed by atoms with van der Waals surface area (Å²) in [5.74, 6) is -0.962. The highest BCUT2D eigenvalue weighted by molar-refractivity contribution is 7.89. The summed E-state index contributed by atoms with van der Waals surface area (Å²) < 4.78 is 27.2. The van der Waals surface area contributed by atoms with Gasteiger partial charge in [-0.15, -0.1) is 0 Å². The van der Waals surface area contributed by atoms with Crippen LogP contribution in [0, 0.1) is 6.92 Å². The molecule has 0 saturated carbocycles. The number of carboxylic acid groups (broad SMARTS) is 1. The number of aliphatic carboxylic acids is 1. The number of halogens is 1. The van der Waals surface area contributed by atoms with Gasteiger partial charge in [-0.25, -0.2) is 13.1 Å². The zero-order valence-corrected chi connectivity index (χ0v) is 13.2. The van der Waals surface area contributed by atoms with E-state index in [0.29, 0.717) is 10.6 Å². The minimum atomic E-state index is -3.75. The van der Waals surface area contributed by atoms with Crippen molar-refractivity contribution in [1.29, 1.82) is 0 Å². The molecule has 20 heavy (non-hydrogen) atoms. The number of carbonyl (C=O) groups is 1. The predicted octanol–water partition coefficient (Wildman–Crippen LogP) is 2.57. The molecule has 0 amide bonds. The van der Waals surface area contributed by atoms with Crippen LogP contribution in [0.4, 0.5) is 0 Å². The van der Waals surface area contributed by atoms with Gasteiger partial charge >= 0.3 is 5.97 Å². The quantitative estimate of drug-likeness (QED) is 0.844. The Balaban J connectivity index is 3.00. The van der Waals surface area contributed by atoms with Gasteiger partial charge in [-0.3, -0.25) is 4.79 Å². The van der Waals surface area contributed by atoms with Crippen LogP contribution in [0.2, 0.25) is 5.02 Å². The first-order chi connectivity index (χ1) is 9.05. The second-order valence-corrected chi connectivity index (χ2v) is 7.30. The summed E-state index contributed by atoms with van der Waals surface area (Å²) in [5, 5.41) is 9.05. The van der Waals surface area contributed by atoms with Crippen molar-refractivity contribution in [2.45, 2.75) is 44.0 Å². The fourth-order valence-electron chi connectivity index (χ4n) is 1.77. The van der Waals surface area contributed by atoms with Gasteiger partial charge in [-0.05, 0) is 44.9 Å². The van der Waals surface area contributed by atoms with E-state index in [2.05, 4.69) is 4.72 Å².